The first-order valence-electron chi connectivity index (χ1n) is 8.82. The lowest BCUT2D eigenvalue weighted by Crippen LogP contribution is -1.84. The minimum atomic E-state index is 0.649. The molecular weight excluding hydrogens is 318 g/mol. The number of nitrogens with zero attached hydrogens (tertiary/aromatic N) is 1. The molecule has 4 rings (SSSR count). The van der Waals surface area contributed by atoms with E-state index < -0.39 is 0 Å². The molecule has 3 aromatic carbocycles. The molecule has 0 aliphatic carbocycles. The molecule has 0 spiro atoms. The highest BCUT2D eigenvalue weighted by Crippen LogP contribution is 2.36. The van der Waals surface area contributed by atoms with Gasteiger partial charge in [-0.05, 0) is 32.9 Å². The molecule has 1 aromatic heterocycles. The van der Waals surface area contributed by atoms with Crippen molar-refractivity contribution < 1.29 is 4.42 Å². The molecule has 0 amide bonds. The Morgan fingerprint density at radius 1 is 0.538 bits per heavy atom. The Labute approximate surface area is 154 Å². The topological polar surface area (TPSA) is 26.0 Å². The third-order valence-electron chi connectivity index (χ3n) is 4.56. The number of rotatable bonds is 3. The van der Waals surface area contributed by atoms with Crippen molar-refractivity contribution >= 4 is 0 Å². The quantitative estimate of drug-likeness (QED) is 0.420. The smallest absolute Gasteiger partial charge is 0.227 e. The SMILES string of the molecule is Cc1ccc(-c2nc(-c3ccc(C)cc3)c(-c3ccc(C)cc3)o2)cc1. The maximum atomic E-state index is 6.24. The highest BCUT2D eigenvalue weighted by molar-refractivity contribution is 5.79. The van der Waals surface area contributed by atoms with Crippen LogP contribution in [0.4, 0.5) is 0 Å². The van der Waals surface area contributed by atoms with Crippen LogP contribution in [0, 0.1) is 20.8 Å². The molecule has 2 nitrogen and oxygen atoms in total. The second-order valence-corrected chi connectivity index (χ2v) is 6.79. The van der Waals surface area contributed by atoms with Crippen molar-refractivity contribution in [2.24, 2.45) is 0 Å². The molecule has 128 valence electrons. The molecule has 4 aromatic rings. The molecular formula is C24H21NO. The van der Waals surface area contributed by atoms with Crippen molar-refractivity contribution in [1.82, 2.24) is 4.98 Å². The maximum Gasteiger partial charge on any atom is 0.227 e. The molecule has 0 aliphatic heterocycles. The van der Waals surface area contributed by atoms with Crippen molar-refractivity contribution in [1.29, 1.82) is 0 Å². The van der Waals surface area contributed by atoms with Gasteiger partial charge in [0.15, 0.2) is 5.76 Å². The van der Waals surface area contributed by atoms with Crippen molar-refractivity contribution in [2.75, 3.05) is 0 Å². The van der Waals surface area contributed by atoms with Gasteiger partial charge in [-0.2, -0.15) is 0 Å². The van der Waals surface area contributed by atoms with E-state index in [9.17, 15) is 0 Å². The lowest BCUT2D eigenvalue weighted by atomic mass is 10.0. The van der Waals surface area contributed by atoms with Gasteiger partial charge in [-0.3, -0.25) is 0 Å². The summed E-state index contributed by atoms with van der Waals surface area (Å²) < 4.78 is 6.24. The molecule has 0 radical (unpaired) electrons. The fourth-order valence-corrected chi connectivity index (χ4v) is 2.95. The zero-order valence-corrected chi connectivity index (χ0v) is 15.3. The number of aromatic nitrogens is 1. The standard InChI is InChI=1S/C24H21NO/c1-16-4-10-19(11-5-16)22-23(20-12-6-17(2)7-13-20)26-24(25-22)21-14-8-18(3)9-15-21/h4-15H,1-3H3. The average molecular weight is 339 g/mol. The van der Waals surface area contributed by atoms with Gasteiger partial charge < -0.3 is 4.42 Å². The zero-order chi connectivity index (χ0) is 18.1. The molecule has 0 fully saturated rings. The summed E-state index contributed by atoms with van der Waals surface area (Å²) >= 11 is 0. The van der Waals surface area contributed by atoms with Gasteiger partial charge in [0.25, 0.3) is 0 Å². The van der Waals surface area contributed by atoms with Crippen molar-refractivity contribution in [3.8, 4) is 34.0 Å². The Kier molecular flexibility index (Phi) is 4.18. The lowest BCUT2D eigenvalue weighted by Gasteiger charge is -2.03. The predicted octanol–water partition coefficient (Wildman–Crippen LogP) is 6.60. The zero-order valence-electron chi connectivity index (χ0n) is 15.3. The summed E-state index contributed by atoms with van der Waals surface area (Å²) in [6, 6.07) is 25.1. The first-order valence-corrected chi connectivity index (χ1v) is 8.82. The van der Waals surface area contributed by atoms with Crippen molar-refractivity contribution in [3.63, 3.8) is 0 Å². The molecule has 0 aliphatic rings. The van der Waals surface area contributed by atoms with Gasteiger partial charge in [-0.15, -0.1) is 0 Å². The number of oxazole rings is 1. The van der Waals surface area contributed by atoms with Gasteiger partial charge in [0, 0.05) is 16.7 Å². The Morgan fingerprint density at radius 2 is 0.962 bits per heavy atom. The molecule has 0 unspecified atom stereocenters. The molecule has 0 N–H and O–H groups in total. The van der Waals surface area contributed by atoms with E-state index in [4.69, 9.17) is 9.40 Å². The van der Waals surface area contributed by atoms with Crippen LogP contribution in [0.15, 0.2) is 77.2 Å². The second kappa shape index (κ2) is 6.64. The minimum absolute atomic E-state index is 0.649. The lowest BCUT2D eigenvalue weighted by molar-refractivity contribution is 0.589. The first kappa shape index (κ1) is 16.3. The summed E-state index contributed by atoms with van der Waals surface area (Å²) in [6.45, 7) is 6.25. The summed E-state index contributed by atoms with van der Waals surface area (Å²) in [5.41, 5.74) is 7.65. The van der Waals surface area contributed by atoms with Gasteiger partial charge >= 0.3 is 0 Å². The number of hydrogen-bond acceptors (Lipinski definition) is 2. The van der Waals surface area contributed by atoms with Gasteiger partial charge in [0.2, 0.25) is 5.89 Å². The van der Waals surface area contributed by atoms with E-state index >= 15 is 0 Å². The summed E-state index contributed by atoms with van der Waals surface area (Å²) in [5, 5.41) is 0. The van der Waals surface area contributed by atoms with Crippen LogP contribution in [-0.2, 0) is 0 Å². The van der Waals surface area contributed by atoms with E-state index in [0.29, 0.717) is 5.89 Å². The van der Waals surface area contributed by atoms with Crippen LogP contribution in [-0.4, -0.2) is 4.98 Å². The van der Waals surface area contributed by atoms with E-state index in [2.05, 4.69) is 93.6 Å². The molecule has 1 heterocycles. The van der Waals surface area contributed by atoms with Crippen LogP contribution in [0.1, 0.15) is 16.7 Å². The molecule has 0 atom stereocenters. The molecule has 0 saturated heterocycles. The number of hydrogen-bond donors (Lipinski definition) is 0. The fraction of sp³-hybridized carbons (Fsp3) is 0.125. The Hall–Kier alpha value is -3.13. The van der Waals surface area contributed by atoms with Crippen molar-refractivity contribution in [3.05, 3.63) is 89.5 Å². The van der Waals surface area contributed by atoms with E-state index in [1.807, 2.05) is 0 Å². The Morgan fingerprint density at radius 3 is 1.46 bits per heavy atom. The summed E-state index contributed by atoms with van der Waals surface area (Å²) in [5.74, 6) is 1.46. The number of aryl methyl sites for hydroxylation is 3. The molecule has 26 heavy (non-hydrogen) atoms. The predicted molar refractivity (Wildman–Crippen MR) is 107 cm³/mol. The van der Waals surface area contributed by atoms with E-state index in [-0.39, 0.29) is 0 Å². The minimum Gasteiger partial charge on any atom is -0.435 e. The van der Waals surface area contributed by atoms with Crippen LogP contribution >= 0.6 is 0 Å². The van der Waals surface area contributed by atoms with Crippen LogP contribution in [0.2, 0.25) is 0 Å². The Balaban J connectivity index is 1.88. The maximum absolute atomic E-state index is 6.24. The van der Waals surface area contributed by atoms with Crippen LogP contribution in [0.25, 0.3) is 34.0 Å². The van der Waals surface area contributed by atoms with Gasteiger partial charge in [-0.25, -0.2) is 4.98 Å². The highest BCUT2D eigenvalue weighted by Gasteiger charge is 2.18. The van der Waals surface area contributed by atoms with Crippen molar-refractivity contribution in [2.45, 2.75) is 20.8 Å². The summed E-state index contributed by atoms with van der Waals surface area (Å²) in [4.78, 5) is 4.84. The Bertz CT molecular complexity index is 960. The monoisotopic (exact) mass is 339 g/mol. The van der Waals surface area contributed by atoms with Gasteiger partial charge in [0.05, 0.1) is 0 Å². The fourth-order valence-electron chi connectivity index (χ4n) is 2.95. The van der Waals surface area contributed by atoms with E-state index in [0.717, 1.165) is 28.1 Å². The normalized spacial score (nSPS) is 10.9. The van der Waals surface area contributed by atoms with E-state index in [1.165, 1.54) is 16.7 Å². The highest BCUT2D eigenvalue weighted by atomic mass is 16.4. The van der Waals surface area contributed by atoms with Gasteiger partial charge in [0.1, 0.15) is 5.69 Å². The largest absolute Gasteiger partial charge is 0.435 e. The third-order valence-corrected chi connectivity index (χ3v) is 4.56. The van der Waals surface area contributed by atoms with Crippen LogP contribution in [0.3, 0.4) is 0 Å². The molecule has 0 bridgehead atoms. The number of benzene rings is 3. The third kappa shape index (κ3) is 3.18. The van der Waals surface area contributed by atoms with E-state index in [1.54, 1.807) is 0 Å². The van der Waals surface area contributed by atoms with Gasteiger partial charge in [-0.1, -0.05) is 77.4 Å². The first-order chi connectivity index (χ1) is 12.6. The average Bonchev–Trinajstić information content (AvgIpc) is 3.09. The van der Waals surface area contributed by atoms with Crippen LogP contribution < -0.4 is 0 Å². The second-order valence-electron chi connectivity index (χ2n) is 6.79. The molecule has 0 saturated carbocycles. The summed E-state index contributed by atoms with van der Waals surface area (Å²) in [7, 11) is 0. The summed E-state index contributed by atoms with van der Waals surface area (Å²) in [6.07, 6.45) is 0. The van der Waals surface area contributed by atoms with Crippen LogP contribution in [0.5, 0.6) is 0 Å². The molecule has 2 heteroatoms.